The highest BCUT2D eigenvalue weighted by atomic mass is 19.1. The minimum absolute atomic E-state index is 0.102. The zero-order chi connectivity index (χ0) is 20.7. The van der Waals surface area contributed by atoms with E-state index in [0.29, 0.717) is 11.4 Å². The van der Waals surface area contributed by atoms with Crippen LogP contribution in [0.25, 0.3) is 0 Å². The minimum atomic E-state index is -1.14. The Balaban J connectivity index is 2.48. The second-order valence-corrected chi connectivity index (χ2v) is 6.89. The Hall–Kier alpha value is -3.35. The van der Waals surface area contributed by atoms with Crippen molar-refractivity contribution in [2.75, 3.05) is 0 Å². The van der Waals surface area contributed by atoms with E-state index in [0.717, 1.165) is 0 Å². The van der Waals surface area contributed by atoms with E-state index in [9.17, 15) is 24.2 Å². The van der Waals surface area contributed by atoms with Crippen LogP contribution in [-0.2, 0) is 14.1 Å². The standard InChI is InChI=1S/C21H21FN2O4/c1-11-8-15(25)18(20(27)23(11)3)17(13-6-5-7-14(22)10-13)19-16(26)9-12(2)24(4)21(19)28/h5-10,17,25-26H,1-4H3. The van der Waals surface area contributed by atoms with Crippen LogP contribution in [0.15, 0.2) is 46.0 Å². The van der Waals surface area contributed by atoms with Crippen molar-refractivity contribution in [3.63, 3.8) is 0 Å². The third-order valence-electron chi connectivity index (χ3n) is 5.13. The summed E-state index contributed by atoms with van der Waals surface area (Å²) in [6, 6.07) is 8.22. The summed E-state index contributed by atoms with van der Waals surface area (Å²) in [6.45, 7) is 3.31. The summed E-state index contributed by atoms with van der Waals surface area (Å²) in [5.41, 5.74) is 0.0375. The highest BCUT2D eigenvalue weighted by molar-refractivity contribution is 5.52. The quantitative estimate of drug-likeness (QED) is 0.726. The van der Waals surface area contributed by atoms with Crippen molar-refractivity contribution in [3.05, 3.63) is 91.0 Å². The molecule has 2 N–H and O–H groups in total. The van der Waals surface area contributed by atoms with Crippen molar-refractivity contribution in [2.45, 2.75) is 19.8 Å². The molecule has 0 aliphatic rings. The van der Waals surface area contributed by atoms with Gasteiger partial charge in [-0.2, -0.15) is 0 Å². The lowest BCUT2D eigenvalue weighted by molar-refractivity contribution is 0.451. The number of aryl methyl sites for hydroxylation is 2. The molecule has 2 heterocycles. The number of halogens is 1. The third kappa shape index (κ3) is 3.09. The number of pyridine rings is 2. The van der Waals surface area contributed by atoms with E-state index >= 15 is 0 Å². The summed E-state index contributed by atoms with van der Waals surface area (Å²) in [4.78, 5) is 26.0. The SMILES string of the molecule is Cc1cc(O)c(C(c2cccc(F)c2)c2c(O)cc(C)n(C)c2=O)c(=O)n1C. The highest BCUT2D eigenvalue weighted by Gasteiger charge is 2.30. The van der Waals surface area contributed by atoms with Gasteiger partial charge < -0.3 is 19.3 Å². The predicted molar refractivity (Wildman–Crippen MR) is 104 cm³/mol. The Morgan fingerprint density at radius 2 is 1.32 bits per heavy atom. The molecule has 0 aliphatic heterocycles. The van der Waals surface area contributed by atoms with E-state index in [4.69, 9.17) is 0 Å². The monoisotopic (exact) mass is 384 g/mol. The average Bonchev–Trinajstić information content (AvgIpc) is 2.63. The molecule has 0 radical (unpaired) electrons. The first-order chi connectivity index (χ1) is 13.1. The van der Waals surface area contributed by atoms with Gasteiger partial charge in [-0.25, -0.2) is 4.39 Å². The van der Waals surface area contributed by atoms with Gasteiger partial charge in [0.25, 0.3) is 11.1 Å². The summed E-state index contributed by atoms with van der Waals surface area (Å²) < 4.78 is 16.6. The first-order valence-corrected chi connectivity index (χ1v) is 8.68. The number of hydrogen-bond donors (Lipinski definition) is 2. The third-order valence-corrected chi connectivity index (χ3v) is 5.13. The van der Waals surface area contributed by atoms with Crippen molar-refractivity contribution >= 4 is 0 Å². The molecule has 3 rings (SSSR count). The van der Waals surface area contributed by atoms with Gasteiger partial charge in [-0.15, -0.1) is 0 Å². The summed E-state index contributed by atoms with van der Waals surface area (Å²) in [5, 5.41) is 21.1. The number of aromatic hydroxyl groups is 2. The van der Waals surface area contributed by atoms with E-state index < -0.39 is 22.9 Å². The van der Waals surface area contributed by atoms with Crippen LogP contribution < -0.4 is 11.1 Å². The Bertz CT molecular complexity index is 1120. The van der Waals surface area contributed by atoms with Crippen molar-refractivity contribution in [3.8, 4) is 11.5 Å². The maximum Gasteiger partial charge on any atom is 0.258 e. The molecule has 0 atom stereocenters. The lowest BCUT2D eigenvalue weighted by atomic mass is 9.85. The van der Waals surface area contributed by atoms with Crippen molar-refractivity contribution < 1.29 is 14.6 Å². The number of nitrogens with zero attached hydrogens (tertiary/aromatic N) is 2. The number of benzene rings is 1. The van der Waals surface area contributed by atoms with E-state index in [2.05, 4.69) is 0 Å². The summed E-state index contributed by atoms with van der Waals surface area (Å²) in [7, 11) is 3.08. The topological polar surface area (TPSA) is 84.5 Å². The van der Waals surface area contributed by atoms with Gasteiger partial charge in [0.2, 0.25) is 0 Å². The second kappa shape index (κ2) is 6.99. The van der Waals surface area contributed by atoms with E-state index in [1.807, 2.05) is 0 Å². The number of hydrogen-bond acceptors (Lipinski definition) is 4. The molecule has 0 unspecified atom stereocenters. The van der Waals surface area contributed by atoms with Crippen LogP contribution in [0.3, 0.4) is 0 Å². The van der Waals surface area contributed by atoms with Crippen LogP contribution in [0, 0.1) is 19.7 Å². The minimum Gasteiger partial charge on any atom is -0.507 e. The molecule has 1 aromatic carbocycles. The van der Waals surface area contributed by atoms with E-state index in [1.54, 1.807) is 19.9 Å². The lowest BCUT2D eigenvalue weighted by Crippen LogP contribution is -2.30. The Kier molecular flexibility index (Phi) is 4.85. The molecule has 0 amide bonds. The average molecular weight is 384 g/mol. The van der Waals surface area contributed by atoms with Crippen LogP contribution in [0.5, 0.6) is 11.5 Å². The van der Waals surface area contributed by atoms with Gasteiger partial charge in [0, 0.05) is 25.5 Å². The van der Waals surface area contributed by atoms with E-state index in [-0.39, 0.29) is 28.2 Å². The first-order valence-electron chi connectivity index (χ1n) is 8.68. The molecule has 2 aromatic heterocycles. The Labute approximate surface area is 160 Å². The molecule has 146 valence electrons. The fraction of sp³-hybridized carbons (Fsp3) is 0.238. The molecule has 0 spiro atoms. The van der Waals surface area contributed by atoms with Gasteiger partial charge in [-0.1, -0.05) is 12.1 Å². The molecule has 0 aliphatic carbocycles. The number of rotatable bonds is 3. The molecular formula is C21H21FN2O4. The van der Waals surface area contributed by atoms with Crippen LogP contribution in [-0.4, -0.2) is 19.3 Å². The largest absolute Gasteiger partial charge is 0.507 e. The predicted octanol–water partition coefficient (Wildman–Crippen LogP) is 2.43. The molecule has 3 aromatic rings. The summed E-state index contributed by atoms with van der Waals surface area (Å²) in [5.74, 6) is -2.35. The molecular weight excluding hydrogens is 363 g/mol. The Morgan fingerprint density at radius 3 is 1.75 bits per heavy atom. The summed E-state index contributed by atoms with van der Waals surface area (Å²) >= 11 is 0. The fourth-order valence-corrected chi connectivity index (χ4v) is 3.35. The molecule has 0 fully saturated rings. The van der Waals surface area contributed by atoms with Crippen LogP contribution >= 0.6 is 0 Å². The molecule has 28 heavy (non-hydrogen) atoms. The van der Waals surface area contributed by atoms with Gasteiger partial charge in [-0.3, -0.25) is 9.59 Å². The molecule has 6 nitrogen and oxygen atoms in total. The second-order valence-electron chi connectivity index (χ2n) is 6.89. The Morgan fingerprint density at radius 1 is 0.857 bits per heavy atom. The van der Waals surface area contributed by atoms with Crippen LogP contribution in [0.4, 0.5) is 4.39 Å². The summed E-state index contributed by atoms with van der Waals surface area (Å²) in [6.07, 6.45) is 0. The molecule has 0 bridgehead atoms. The normalized spacial score (nSPS) is 11.2. The van der Waals surface area contributed by atoms with Gasteiger partial charge in [0.1, 0.15) is 17.3 Å². The zero-order valence-electron chi connectivity index (χ0n) is 16.0. The van der Waals surface area contributed by atoms with Crippen molar-refractivity contribution in [1.82, 2.24) is 9.13 Å². The zero-order valence-corrected chi connectivity index (χ0v) is 16.0. The van der Waals surface area contributed by atoms with Crippen molar-refractivity contribution in [2.24, 2.45) is 14.1 Å². The van der Waals surface area contributed by atoms with Crippen LogP contribution in [0.2, 0.25) is 0 Å². The van der Waals surface area contributed by atoms with Gasteiger partial charge in [-0.05, 0) is 43.7 Å². The van der Waals surface area contributed by atoms with Gasteiger partial charge in [0.15, 0.2) is 0 Å². The molecule has 0 saturated carbocycles. The van der Waals surface area contributed by atoms with Crippen molar-refractivity contribution in [1.29, 1.82) is 0 Å². The molecule has 7 heteroatoms. The van der Waals surface area contributed by atoms with Crippen LogP contribution in [0.1, 0.15) is 34.0 Å². The smallest absolute Gasteiger partial charge is 0.258 e. The highest BCUT2D eigenvalue weighted by Crippen LogP contribution is 2.37. The first kappa shape index (κ1) is 19.4. The maximum absolute atomic E-state index is 14.0. The fourth-order valence-electron chi connectivity index (χ4n) is 3.35. The van der Waals surface area contributed by atoms with Gasteiger partial charge >= 0.3 is 0 Å². The maximum atomic E-state index is 14.0. The van der Waals surface area contributed by atoms with Gasteiger partial charge in [0.05, 0.1) is 17.0 Å². The van der Waals surface area contributed by atoms with E-state index in [1.165, 1.54) is 53.6 Å². The number of aromatic nitrogens is 2. The molecule has 0 saturated heterocycles. The lowest BCUT2D eigenvalue weighted by Gasteiger charge is -2.22.